The second-order valence-corrected chi connectivity index (χ2v) is 7.56. The molecule has 0 aliphatic rings. The summed E-state index contributed by atoms with van der Waals surface area (Å²) in [6.07, 6.45) is 10.2. The Bertz CT molecular complexity index is 607. The van der Waals surface area contributed by atoms with E-state index < -0.39 is 0 Å². The predicted octanol–water partition coefficient (Wildman–Crippen LogP) is 7.86. The van der Waals surface area contributed by atoms with E-state index in [9.17, 15) is 0 Å². The van der Waals surface area contributed by atoms with Crippen molar-refractivity contribution in [3.05, 3.63) is 71.8 Å². The van der Waals surface area contributed by atoms with Gasteiger partial charge >= 0.3 is 0 Å². The zero-order valence-electron chi connectivity index (χ0n) is 17.6. The number of benzene rings is 2. The molecule has 1 heteroatoms. The molecule has 0 saturated heterocycles. The van der Waals surface area contributed by atoms with E-state index in [0.29, 0.717) is 5.92 Å². The maximum Gasteiger partial charge on any atom is 0.0996 e. The molecule has 2 aromatic carbocycles. The van der Waals surface area contributed by atoms with E-state index in [1.807, 2.05) is 0 Å². The summed E-state index contributed by atoms with van der Waals surface area (Å²) in [7, 11) is 0. The van der Waals surface area contributed by atoms with Gasteiger partial charge in [0.15, 0.2) is 0 Å². The van der Waals surface area contributed by atoms with Crippen molar-refractivity contribution >= 4 is 0 Å². The van der Waals surface area contributed by atoms with Crippen LogP contribution in [0, 0.1) is 0 Å². The van der Waals surface area contributed by atoms with Gasteiger partial charge in [-0.15, -0.1) is 0 Å². The average Bonchev–Trinajstić information content (AvgIpc) is 2.73. The maximum atomic E-state index is 6.58. The van der Waals surface area contributed by atoms with Crippen LogP contribution in [0.2, 0.25) is 0 Å². The fraction of sp³-hybridized carbons (Fsp3) is 0.538. The van der Waals surface area contributed by atoms with Gasteiger partial charge < -0.3 is 4.74 Å². The first kappa shape index (κ1) is 21.7. The molecular weight excluding hydrogens is 328 g/mol. The zero-order chi connectivity index (χ0) is 19.4. The molecular formula is C26H38O. The Labute approximate surface area is 167 Å². The first-order valence-corrected chi connectivity index (χ1v) is 11.0. The van der Waals surface area contributed by atoms with Crippen molar-refractivity contribution in [3.8, 4) is 0 Å². The molecule has 0 N–H and O–H groups in total. The smallest absolute Gasteiger partial charge is 0.0996 e. The Hall–Kier alpha value is -1.60. The molecule has 2 aromatic rings. The van der Waals surface area contributed by atoms with Gasteiger partial charge in [-0.05, 0) is 30.9 Å². The number of hydrogen-bond donors (Lipinski definition) is 0. The number of unbranched alkanes of at least 4 members (excludes halogenated alkanes) is 5. The third-order valence-electron chi connectivity index (χ3n) is 5.80. The lowest BCUT2D eigenvalue weighted by Gasteiger charge is -2.41. The Morgan fingerprint density at radius 3 is 1.93 bits per heavy atom. The van der Waals surface area contributed by atoms with Crippen LogP contribution in [-0.2, 0) is 10.3 Å². The largest absolute Gasteiger partial charge is 0.370 e. The standard InChI is InChI=1S/C26H38O/c1-4-7-8-9-10-17-22-25(23-18-13-11-14-19-23)26(5-2,27-6-3)24-20-15-12-16-21-24/h11-16,18-21,25H,4-10,17,22H2,1-3H3. The van der Waals surface area contributed by atoms with Gasteiger partial charge in [-0.1, -0.05) is 113 Å². The van der Waals surface area contributed by atoms with Crippen molar-refractivity contribution in [1.82, 2.24) is 0 Å². The third kappa shape index (κ3) is 5.94. The molecule has 0 radical (unpaired) electrons. The molecule has 0 amide bonds. The Morgan fingerprint density at radius 1 is 0.741 bits per heavy atom. The molecule has 0 fully saturated rings. The van der Waals surface area contributed by atoms with Crippen molar-refractivity contribution in [1.29, 1.82) is 0 Å². The van der Waals surface area contributed by atoms with Gasteiger partial charge in [-0.25, -0.2) is 0 Å². The van der Waals surface area contributed by atoms with Crippen molar-refractivity contribution in [3.63, 3.8) is 0 Å². The van der Waals surface area contributed by atoms with E-state index in [0.717, 1.165) is 13.0 Å². The van der Waals surface area contributed by atoms with Gasteiger partial charge in [0.1, 0.15) is 0 Å². The molecule has 0 bridgehead atoms. The minimum absolute atomic E-state index is 0.249. The van der Waals surface area contributed by atoms with E-state index in [-0.39, 0.29) is 5.60 Å². The van der Waals surface area contributed by atoms with Gasteiger partial charge in [0, 0.05) is 12.5 Å². The Kier molecular flexibility index (Phi) is 9.62. The zero-order valence-corrected chi connectivity index (χ0v) is 17.6. The lowest BCUT2D eigenvalue weighted by Crippen LogP contribution is -2.36. The summed E-state index contributed by atoms with van der Waals surface area (Å²) < 4.78 is 6.58. The molecule has 0 aliphatic carbocycles. The van der Waals surface area contributed by atoms with E-state index in [1.165, 1.54) is 56.1 Å². The molecule has 0 spiro atoms. The molecule has 0 aromatic heterocycles. The van der Waals surface area contributed by atoms with Crippen LogP contribution in [0.4, 0.5) is 0 Å². The maximum absolute atomic E-state index is 6.58. The summed E-state index contributed by atoms with van der Waals surface area (Å²) in [5.41, 5.74) is 2.47. The van der Waals surface area contributed by atoms with E-state index in [1.54, 1.807) is 0 Å². The van der Waals surface area contributed by atoms with Crippen LogP contribution in [0.15, 0.2) is 60.7 Å². The summed E-state index contributed by atoms with van der Waals surface area (Å²) in [5, 5.41) is 0. The second kappa shape index (κ2) is 12.0. The fourth-order valence-corrected chi connectivity index (χ4v) is 4.40. The summed E-state index contributed by atoms with van der Waals surface area (Å²) in [6, 6.07) is 21.9. The lowest BCUT2D eigenvalue weighted by molar-refractivity contribution is -0.0713. The molecule has 0 heterocycles. The van der Waals surface area contributed by atoms with Crippen LogP contribution < -0.4 is 0 Å². The van der Waals surface area contributed by atoms with Crippen LogP contribution in [-0.4, -0.2) is 6.61 Å². The van der Waals surface area contributed by atoms with Gasteiger partial charge in [0.25, 0.3) is 0 Å². The van der Waals surface area contributed by atoms with Crippen LogP contribution in [0.3, 0.4) is 0 Å². The van der Waals surface area contributed by atoms with Crippen LogP contribution in [0.5, 0.6) is 0 Å². The van der Waals surface area contributed by atoms with E-state index >= 15 is 0 Å². The van der Waals surface area contributed by atoms with Gasteiger partial charge in [-0.3, -0.25) is 0 Å². The highest BCUT2D eigenvalue weighted by Crippen LogP contribution is 2.45. The quantitative estimate of drug-likeness (QED) is 0.328. The predicted molar refractivity (Wildman–Crippen MR) is 117 cm³/mol. The first-order valence-electron chi connectivity index (χ1n) is 11.0. The van der Waals surface area contributed by atoms with Crippen LogP contribution >= 0.6 is 0 Å². The normalized spacial score (nSPS) is 14.6. The monoisotopic (exact) mass is 366 g/mol. The minimum atomic E-state index is -0.249. The summed E-state index contributed by atoms with van der Waals surface area (Å²) >= 11 is 0. The van der Waals surface area contributed by atoms with Crippen molar-refractivity contribution in [2.24, 2.45) is 0 Å². The molecule has 27 heavy (non-hydrogen) atoms. The van der Waals surface area contributed by atoms with Gasteiger partial charge in [-0.2, -0.15) is 0 Å². The highest BCUT2D eigenvalue weighted by molar-refractivity contribution is 5.31. The minimum Gasteiger partial charge on any atom is -0.370 e. The number of hydrogen-bond acceptors (Lipinski definition) is 1. The average molecular weight is 367 g/mol. The topological polar surface area (TPSA) is 9.23 Å². The molecule has 148 valence electrons. The SMILES string of the molecule is CCCCCCCCC(c1ccccc1)C(CC)(OCC)c1ccccc1. The summed E-state index contributed by atoms with van der Waals surface area (Å²) in [6.45, 7) is 7.42. The summed E-state index contributed by atoms with van der Waals surface area (Å²) in [5.74, 6) is 0.386. The van der Waals surface area contributed by atoms with Crippen LogP contribution in [0.1, 0.15) is 89.2 Å². The van der Waals surface area contributed by atoms with Crippen molar-refractivity contribution in [2.45, 2.75) is 83.7 Å². The Morgan fingerprint density at radius 2 is 1.33 bits per heavy atom. The summed E-state index contributed by atoms with van der Waals surface area (Å²) in [4.78, 5) is 0. The van der Waals surface area contributed by atoms with Gasteiger partial charge in [0.2, 0.25) is 0 Å². The second-order valence-electron chi connectivity index (χ2n) is 7.56. The van der Waals surface area contributed by atoms with Crippen LogP contribution in [0.25, 0.3) is 0 Å². The molecule has 0 saturated carbocycles. The number of ether oxygens (including phenoxy) is 1. The van der Waals surface area contributed by atoms with Crippen molar-refractivity contribution < 1.29 is 4.74 Å². The molecule has 2 atom stereocenters. The molecule has 0 aliphatic heterocycles. The molecule has 1 nitrogen and oxygen atoms in total. The highest BCUT2D eigenvalue weighted by Gasteiger charge is 2.40. The van der Waals surface area contributed by atoms with Gasteiger partial charge in [0.05, 0.1) is 5.60 Å². The molecule has 2 unspecified atom stereocenters. The first-order chi connectivity index (χ1) is 13.3. The Balaban J connectivity index is 2.27. The van der Waals surface area contributed by atoms with E-state index in [2.05, 4.69) is 81.4 Å². The van der Waals surface area contributed by atoms with E-state index in [4.69, 9.17) is 4.74 Å². The lowest BCUT2D eigenvalue weighted by atomic mass is 9.73. The fourth-order valence-electron chi connectivity index (χ4n) is 4.40. The highest BCUT2D eigenvalue weighted by atomic mass is 16.5. The molecule has 2 rings (SSSR count). The number of rotatable bonds is 13. The van der Waals surface area contributed by atoms with Crippen molar-refractivity contribution in [2.75, 3.05) is 6.61 Å². The third-order valence-corrected chi connectivity index (χ3v) is 5.80.